The van der Waals surface area contributed by atoms with Gasteiger partial charge in [-0.05, 0) is 25.2 Å². The van der Waals surface area contributed by atoms with E-state index in [1.54, 1.807) is 13.8 Å². The van der Waals surface area contributed by atoms with E-state index in [0.29, 0.717) is 13.0 Å². The number of carbonyl (C=O) groups is 3. The second-order valence-electron chi connectivity index (χ2n) is 5.26. The summed E-state index contributed by atoms with van der Waals surface area (Å²) < 4.78 is 0. The lowest BCUT2D eigenvalue weighted by atomic mass is 10.0. The minimum absolute atomic E-state index is 0.0288. The minimum Gasteiger partial charge on any atom is -0.480 e. The smallest absolute Gasteiger partial charge is 0.326 e. The Labute approximate surface area is 125 Å². The largest absolute Gasteiger partial charge is 0.480 e. The third kappa shape index (κ3) is 9.84. The summed E-state index contributed by atoms with van der Waals surface area (Å²) in [4.78, 5) is 34.0. The van der Waals surface area contributed by atoms with Gasteiger partial charge in [-0.3, -0.25) is 9.59 Å². The maximum absolute atomic E-state index is 11.6. The summed E-state index contributed by atoms with van der Waals surface area (Å²) in [6.45, 7) is 4.08. The maximum atomic E-state index is 11.6. The topological polar surface area (TPSA) is 116 Å². The van der Waals surface area contributed by atoms with E-state index in [1.165, 1.54) is 0 Å². The van der Waals surface area contributed by atoms with Crippen LogP contribution in [-0.4, -0.2) is 47.2 Å². The highest BCUT2D eigenvalue weighted by Gasteiger charge is 2.23. The number of hydrogen-bond acceptors (Lipinski definition) is 4. The molecule has 0 rings (SSSR count). The van der Waals surface area contributed by atoms with Gasteiger partial charge in [-0.2, -0.15) is 0 Å². The van der Waals surface area contributed by atoms with Crippen molar-refractivity contribution in [3.8, 4) is 0 Å². The minimum atomic E-state index is -1.08. The highest BCUT2D eigenvalue weighted by Crippen LogP contribution is 2.02. The van der Waals surface area contributed by atoms with Gasteiger partial charge in [0.2, 0.25) is 11.8 Å². The molecule has 0 aromatic heterocycles. The summed E-state index contributed by atoms with van der Waals surface area (Å²) in [5.41, 5.74) is 0. The Hall–Kier alpha value is -1.63. The van der Waals surface area contributed by atoms with Crippen molar-refractivity contribution in [1.29, 1.82) is 0 Å². The SMILES string of the molecule is CC(C)C(NC(=O)CCC(=O)NCCCCCO)C(=O)O. The number of amides is 2. The Balaban J connectivity index is 3.86. The molecule has 0 aromatic rings. The van der Waals surface area contributed by atoms with E-state index < -0.39 is 17.9 Å². The molecule has 0 aromatic carbocycles. The number of carboxylic acids is 1. The summed E-state index contributed by atoms with van der Waals surface area (Å²) in [7, 11) is 0. The number of hydrogen-bond donors (Lipinski definition) is 4. The summed E-state index contributed by atoms with van der Waals surface area (Å²) in [5, 5.41) is 22.6. The summed E-state index contributed by atoms with van der Waals surface area (Å²) >= 11 is 0. The lowest BCUT2D eigenvalue weighted by molar-refractivity contribution is -0.143. The standard InChI is InChI=1S/C14H26N2O5/c1-10(2)13(14(20)21)16-12(19)7-6-11(18)15-8-4-3-5-9-17/h10,13,17H,3-9H2,1-2H3,(H,15,18)(H,16,19)(H,20,21). The zero-order valence-electron chi connectivity index (χ0n) is 12.7. The Morgan fingerprint density at radius 3 is 2.14 bits per heavy atom. The molecule has 0 aliphatic rings. The Morgan fingerprint density at radius 2 is 1.62 bits per heavy atom. The van der Waals surface area contributed by atoms with Crippen LogP contribution in [0.4, 0.5) is 0 Å². The summed E-state index contributed by atoms with van der Waals surface area (Å²) in [6, 6.07) is -0.931. The molecule has 0 aliphatic heterocycles. The zero-order chi connectivity index (χ0) is 16.3. The molecule has 0 spiro atoms. The number of aliphatic hydroxyl groups is 1. The second-order valence-corrected chi connectivity index (χ2v) is 5.26. The second kappa shape index (κ2) is 11.1. The number of rotatable bonds is 11. The average molecular weight is 302 g/mol. The molecular formula is C14H26N2O5. The number of nitrogens with one attached hydrogen (secondary N) is 2. The van der Waals surface area contributed by atoms with Crippen LogP contribution >= 0.6 is 0 Å². The van der Waals surface area contributed by atoms with Crippen molar-refractivity contribution in [2.24, 2.45) is 5.92 Å². The molecule has 2 amide bonds. The average Bonchev–Trinajstić information content (AvgIpc) is 2.41. The van der Waals surface area contributed by atoms with Crippen LogP contribution in [0, 0.1) is 5.92 Å². The monoisotopic (exact) mass is 302 g/mol. The van der Waals surface area contributed by atoms with Gasteiger partial charge in [0.1, 0.15) is 6.04 Å². The van der Waals surface area contributed by atoms with E-state index >= 15 is 0 Å². The molecule has 0 saturated carbocycles. The van der Waals surface area contributed by atoms with Crippen LogP contribution in [0.5, 0.6) is 0 Å². The van der Waals surface area contributed by atoms with Crippen molar-refractivity contribution in [2.75, 3.05) is 13.2 Å². The number of unbranched alkanes of at least 4 members (excludes halogenated alkanes) is 2. The predicted molar refractivity (Wildman–Crippen MR) is 77.6 cm³/mol. The molecule has 0 radical (unpaired) electrons. The first-order chi connectivity index (χ1) is 9.88. The van der Waals surface area contributed by atoms with Gasteiger partial charge in [0.15, 0.2) is 0 Å². The van der Waals surface area contributed by atoms with Crippen LogP contribution in [0.25, 0.3) is 0 Å². The van der Waals surface area contributed by atoms with Gasteiger partial charge < -0.3 is 20.8 Å². The van der Waals surface area contributed by atoms with Gasteiger partial charge in [0, 0.05) is 26.0 Å². The van der Waals surface area contributed by atoms with E-state index in [9.17, 15) is 14.4 Å². The molecule has 0 fully saturated rings. The Morgan fingerprint density at radius 1 is 1.00 bits per heavy atom. The van der Waals surface area contributed by atoms with Crippen molar-refractivity contribution in [3.63, 3.8) is 0 Å². The number of aliphatic hydroxyl groups excluding tert-OH is 1. The molecule has 0 saturated heterocycles. The molecule has 0 heterocycles. The fourth-order valence-electron chi connectivity index (χ4n) is 1.72. The van der Waals surface area contributed by atoms with Crippen molar-refractivity contribution in [1.82, 2.24) is 10.6 Å². The molecule has 7 heteroatoms. The van der Waals surface area contributed by atoms with E-state index in [1.807, 2.05) is 0 Å². The van der Waals surface area contributed by atoms with E-state index in [-0.39, 0.29) is 31.3 Å². The highest BCUT2D eigenvalue weighted by molar-refractivity contribution is 5.86. The van der Waals surface area contributed by atoms with Crippen LogP contribution in [0.1, 0.15) is 46.0 Å². The normalized spacial score (nSPS) is 12.0. The van der Waals surface area contributed by atoms with Crippen LogP contribution in [-0.2, 0) is 14.4 Å². The van der Waals surface area contributed by atoms with Gasteiger partial charge in [0.05, 0.1) is 0 Å². The van der Waals surface area contributed by atoms with Gasteiger partial charge in [-0.15, -0.1) is 0 Å². The molecule has 21 heavy (non-hydrogen) atoms. The van der Waals surface area contributed by atoms with Gasteiger partial charge >= 0.3 is 5.97 Å². The maximum Gasteiger partial charge on any atom is 0.326 e. The quantitative estimate of drug-likeness (QED) is 0.409. The third-order valence-corrected chi connectivity index (χ3v) is 2.99. The lowest BCUT2D eigenvalue weighted by Crippen LogP contribution is -2.44. The lowest BCUT2D eigenvalue weighted by Gasteiger charge is -2.17. The van der Waals surface area contributed by atoms with Gasteiger partial charge in [0.25, 0.3) is 0 Å². The molecule has 0 aliphatic carbocycles. The van der Waals surface area contributed by atoms with E-state index in [2.05, 4.69) is 10.6 Å². The van der Waals surface area contributed by atoms with Gasteiger partial charge in [-0.1, -0.05) is 13.8 Å². The molecule has 4 N–H and O–H groups in total. The number of carbonyl (C=O) groups excluding carboxylic acids is 2. The first-order valence-electron chi connectivity index (χ1n) is 7.28. The molecule has 122 valence electrons. The fourth-order valence-corrected chi connectivity index (χ4v) is 1.72. The number of carboxylic acid groups (broad SMARTS) is 1. The highest BCUT2D eigenvalue weighted by atomic mass is 16.4. The first-order valence-corrected chi connectivity index (χ1v) is 7.28. The fraction of sp³-hybridized carbons (Fsp3) is 0.786. The summed E-state index contributed by atoms with van der Waals surface area (Å²) in [5.74, 6) is -1.96. The zero-order valence-corrected chi connectivity index (χ0v) is 12.7. The molecule has 1 unspecified atom stereocenters. The van der Waals surface area contributed by atoms with Crippen molar-refractivity contribution in [2.45, 2.75) is 52.0 Å². The first kappa shape index (κ1) is 19.4. The van der Waals surface area contributed by atoms with Crippen LogP contribution in [0.2, 0.25) is 0 Å². The third-order valence-electron chi connectivity index (χ3n) is 2.99. The van der Waals surface area contributed by atoms with E-state index in [4.69, 9.17) is 10.2 Å². The van der Waals surface area contributed by atoms with Crippen molar-refractivity contribution < 1.29 is 24.6 Å². The summed E-state index contributed by atoms with van der Waals surface area (Å²) in [6.07, 6.45) is 2.35. The van der Waals surface area contributed by atoms with Crippen molar-refractivity contribution in [3.05, 3.63) is 0 Å². The Kier molecular flexibility index (Phi) is 10.2. The van der Waals surface area contributed by atoms with E-state index in [0.717, 1.165) is 12.8 Å². The number of aliphatic carboxylic acids is 1. The molecule has 1 atom stereocenters. The Bertz CT molecular complexity index is 344. The predicted octanol–water partition coefficient (Wildman–Crippen LogP) is 0.271. The van der Waals surface area contributed by atoms with Crippen molar-refractivity contribution >= 4 is 17.8 Å². The van der Waals surface area contributed by atoms with Crippen LogP contribution < -0.4 is 10.6 Å². The van der Waals surface area contributed by atoms with Crippen LogP contribution in [0.15, 0.2) is 0 Å². The van der Waals surface area contributed by atoms with Crippen LogP contribution in [0.3, 0.4) is 0 Å². The molecule has 7 nitrogen and oxygen atoms in total. The molecule has 0 bridgehead atoms. The molecular weight excluding hydrogens is 276 g/mol. The van der Waals surface area contributed by atoms with Gasteiger partial charge in [-0.25, -0.2) is 4.79 Å².